The minimum Gasteiger partial charge on any atom is -0.381 e. The van der Waals surface area contributed by atoms with Gasteiger partial charge in [-0.3, -0.25) is 4.98 Å². The lowest BCUT2D eigenvalue weighted by atomic mass is 10.1. The van der Waals surface area contributed by atoms with E-state index in [0.717, 1.165) is 23.6 Å². The van der Waals surface area contributed by atoms with Gasteiger partial charge in [0.1, 0.15) is 0 Å². The second kappa shape index (κ2) is 5.67. The van der Waals surface area contributed by atoms with Crippen molar-refractivity contribution in [3.63, 3.8) is 0 Å². The molecule has 1 aromatic heterocycles. The van der Waals surface area contributed by atoms with Crippen LogP contribution in [-0.4, -0.2) is 4.98 Å². The summed E-state index contributed by atoms with van der Waals surface area (Å²) in [5.74, 6) is 0.460. The quantitative estimate of drug-likeness (QED) is 0.869. The fraction of sp³-hybridized carbons (Fsp3) is 0.312. The highest BCUT2D eigenvalue weighted by molar-refractivity contribution is 5.46. The normalized spacial score (nSPS) is 10.7. The van der Waals surface area contributed by atoms with Crippen LogP contribution in [0.4, 0.5) is 5.69 Å². The summed E-state index contributed by atoms with van der Waals surface area (Å²) in [6, 6.07) is 14.7. The zero-order chi connectivity index (χ0) is 13.0. The third-order valence-corrected chi connectivity index (χ3v) is 2.90. The lowest BCUT2D eigenvalue weighted by Crippen LogP contribution is -2.02. The van der Waals surface area contributed by atoms with E-state index in [-0.39, 0.29) is 0 Å². The van der Waals surface area contributed by atoms with E-state index in [9.17, 15) is 0 Å². The molecule has 1 heterocycles. The number of nitrogens with zero attached hydrogens (tertiary/aromatic N) is 1. The molecule has 94 valence electrons. The molecule has 2 aromatic rings. The summed E-state index contributed by atoms with van der Waals surface area (Å²) in [7, 11) is 0. The van der Waals surface area contributed by atoms with E-state index in [4.69, 9.17) is 0 Å². The van der Waals surface area contributed by atoms with Gasteiger partial charge in [-0.25, -0.2) is 0 Å². The van der Waals surface area contributed by atoms with Gasteiger partial charge >= 0.3 is 0 Å². The Bertz CT molecular complexity index is 504. The summed E-state index contributed by atoms with van der Waals surface area (Å²) >= 11 is 0. The Balaban J connectivity index is 2.10. The van der Waals surface area contributed by atoms with Crippen LogP contribution in [0.25, 0.3) is 0 Å². The van der Waals surface area contributed by atoms with E-state index in [1.807, 2.05) is 13.0 Å². The number of nitrogens with one attached hydrogen (secondary N) is 1. The highest BCUT2D eigenvalue weighted by Crippen LogP contribution is 2.18. The Labute approximate surface area is 109 Å². The summed E-state index contributed by atoms with van der Waals surface area (Å²) in [4.78, 5) is 4.55. The number of hydrogen-bond donors (Lipinski definition) is 1. The van der Waals surface area contributed by atoms with Gasteiger partial charge in [-0.15, -0.1) is 0 Å². The first-order valence-corrected chi connectivity index (χ1v) is 6.41. The average molecular weight is 240 g/mol. The van der Waals surface area contributed by atoms with Crippen molar-refractivity contribution >= 4 is 5.69 Å². The zero-order valence-corrected chi connectivity index (χ0v) is 11.3. The lowest BCUT2D eigenvalue weighted by Gasteiger charge is -2.11. The van der Waals surface area contributed by atoms with Crippen molar-refractivity contribution in [3.05, 3.63) is 59.4 Å². The topological polar surface area (TPSA) is 24.9 Å². The molecule has 0 amide bonds. The lowest BCUT2D eigenvalue weighted by molar-refractivity contribution is 0.815. The summed E-state index contributed by atoms with van der Waals surface area (Å²) in [5.41, 5.74) is 4.65. The second-order valence-electron chi connectivity index (χ2n) is 4.92. The van der Waals surface area contributed by atoms with Crippen molar-refractivity contribution in [2.45, 2.75) is 33.2 Å². The van der Waals surface area contributed by atoms with Gasteiger partial charge in [0.2, 0.25) is 0 Å². The fourth-order valence-electron chi connectivity index (χ4n) is 1.89. The molecule has 0 aliphatic carbocycles. The minimum absolute atomic E-state index is 0.460. The van der Waals surface area contributed by atoms with Crippen molar-refractivity contribution in [1.29, 1.82) is 0 Å². The van der Waals surface area contributed by atoms with E-state index in [2.05, 4.69) is 60.5 Å². The molecule has 0 aliphatic rings. The molecule has 0 bridgehead atoms. The van der Waals surface area contributed by atoms with Crippen LogP contribution in [0.5, 0.6) is 0 Å². The standard InChI is InChI=1S/C16H20N2/c1-12(2)16-10-15(9-13(3)18-16)17-11-14-7-5-4-6-8-14/h4-10,12H,11H2,1-3H3,(H,17,18). The van der Waals surface area contributed by atoms with E-state index in [1.165, 1.54) is 5.56 Å². The molecule has 0 unspecified atom stereocenters. The zero-order valence-electron chi connectivity index (χ0n) is 11.3. The van der Waals surface area contributed by atoms with Crippen molar-refractivity contribution in [1.82, 2.24) is 4.98 Å². The largest absolute Gasteiger partial charge is 0.381 e. The summed E-state index contributed by atoms with van der Waals surface area (Å²) in [5, 5.41) is 3.46. The van der Waals surface area contributed by atoms with Crippen LogP contribution in [0, 0.1) is 6.92 Å². The number of anilines is 1. The number of pyridine rings is 1. The predicted octanol–water partition coefficient (Wildman–Crippen LogP) is 4.13. The van der Waals surface area contributed by atoms with Crippen LogP contribution in [0.1, 0.15) is 36.7 Å². The van der Waals surface area contributed by atoms with Gasteiger partial charge in [-0.05, 0) is 30.5 Å². The molecule has 0 radical (unpaired) electrons. The van der Waals surface area contributed by atoms with Crippen LogP contribution >= 0.6 is 0 Å². The first kappa shape index (κ1) is 12.6. The SMILES string of the molecule is Cc1cc(NCc2ccccc2)cc(C(C)C)n1. The van der Waals surface area contributed by atoms with Crippen molar-refractivity contribution in [2.75, 3.05) is 5.32 Å². The van der Waals surface area contributed by atoms with Crippen LogP contribution in [0.15, 0.2) is 42.5 Å². The van der Waals surface area contributed by atoms with Crippen molar-refractivity contribution < 1.29 is 0 Å². The van der Waals surface area contributed by atoms with Gasteiger partial charge in [0.15, 0.2) is 0 Å². The van der Waals surface area contributed by atoms with Gasteiger partial charge in [0.25, 0.3) is 0 Å². The molecule has 0 fully saturated rings. The molecule has 0 saturated heterocycles. The maximum absolute atomic E-state index is 4.55. The summed E-state index contributed by atoms with van der Waals surface area (Å²) in [6.45, 7) is 7.23. The predicted molar refractivity (Wildman–Crippen MR) is 76.8 cm³/mol. The van der Waals surface area contributed by atoms with E-state index in [0.29, 0.717) is 5.92 Å². The Kier molecular flexibility index (Phi) is 3.98. The molecule has 2 rings (SSSR count). The number of hydrogen-bond acceptors (Lipinski definition) is 2. The van der Waals surface area contributed by atoms with Crippen LogP contribution in [0.2, 0.25) is 0 Å². The highest BCUT2D eigenvalue weighted by Gasteiger charge is 2.04. The van der Waals surface area contributed by atoms with Gasteiger partial charge in [-0.1, -0.05) is 44.2 Å². The first-order chi connectivity index (χ1) is 8.65. The van der Waals surface area contributed by atoms with Gasteiger partial charge in [0.05, 0.1) is 0 Å². The Morgan fingerprint density at radius 2 is 1.83 bits per heavy atom. The molecule has 2 heteroatoms. The second-order valence-corrected chi connectivity index (χ2v) is 4.92. The molecule has 18 heavy (non-hydrogen) atoms. The van der Waals surface area contributed by atoms with E-state index in [1.54, 1.807) is 0 Å². The summed E-state index contributed by atoms with van der Waals surface area (Å²) < 4.78 is 0. The van der Waals surface area contributed by atoms with Crippen molar-refractivity contribution in [3.8, 4) is 0 Å². The smallest absolute Gasteiger partial charge is 0.0452 e. The number of benzene rings is 1. The molecule has 0 saturated carbocycles. The number of rotatable bonds is 4. The number of aromatic nitrogens is 1. The van der Waals surface area contributed by atoms with Gasteiger partial charge in [-0.2, -0.15) is 0 Å². The average Bonchev–Trinajstić information content (AvgIpc) is 2.37. The highest BCUT2D eigenvalue weighted by atomic mass is 14.9. The first-order valence-electron chi connectivity index (χ1n) is 6.41. The minimum atomic E-state index is 0.460. The molecular formula is C16H20N2. The molecule has 0 atom stereocenters. The molecule has 2 nitrogen and oxygen atoms in total. The summed E-state index contributed by atoms with van der Waals surface area (Å²) in [6.07, 6.45) is 0. The molecular weight excluding hydrogens is 220 g/mol. The third-order valence-electron chi connectivity index (χ3n) is 2.90. The Hall–Kier alpha value is -1.83. The van der Waals surface area contributed by atoms with Crippen LogP contribution < -0.4 is 5.32 Å². The molecule has 0 aliphatic heterocycles. The molecule has 1 aromatic carbocycles. The third kappa shape index (κ3) is 3.33. The van der Waals surface area contributed by atoms with E-state index >= 15 is 0 Å². The fourth-order valence-corrected chi connectivity index (χ4v) is 1.89. The number of aryl methyl sites for hydroxylation is 1. The van der Waals surface area contributed by atoms with Gasteiger partial charge in [0, 0.05) is 23.6 Å². The molecule has 1 N–H and O–H groups in total. The maximum atomic E-state index is 4.55. The van der Waals surface area contributed by atoms with Gasteiger partial charge < -0.3 is 5.32 Å². The van der Waals surface area contributed by atoms with Crippen molar-refractivity contribution in [2.24, 2.45) is 0 Å². The molecule has 0 spiro atoms. The van der Waals surface area contributed by atoms with Crippen LogP contribution in [0.3, 0.4) is 0 Å². The maximum Gasteiger partial charge on any atom is 0.0452 e. The van der Waals surface area contributed by atoms with Crippen LogP contribution in [-0.2, 0) is 6.54 Å². The Morgan fingerprint density at radius 3 is 2.50 bits per heavy atom. The van der Waals surface area contributed by atoms with E-state index < -0.39 is 0 Å². The monoisotopic (exact) mass is 240 g/mol. The Morgan fingerprint density at radius 1 is 1.11 bits per heavy atom.